The van der Waals surface area contributed by atoms with Crippen LogP contribution in [-0.2, 0) is 10.0 Å². The first-order chi connectivity index (χ1) is 10.5. The van der Waals surface area contributed by atoms with Crippen molar-refractivity contribution in [3.05, 3.63) is 41.5 Å². The lowest BCUT2D eigenvalue weighted by Gasteiger charge is -2.36. The smallest absolute Gasteiger partial charge is 0.243 e. The third-order valence-corrected chi connectivity index (χ3v) is 6.63. The van der Waals surface area contributed by atoms with E-state index in [9.17, 15) is 13.5 Å². The summed E-state index contributed by atoms with van der Waals surface area (Å²) in [5.41, 5.74) is 2.28. The van der Waals surface area contributed by atoms with Gasteiger partial charge in [0.15, 0.2) is 0 Å². The fourth-order valence-electron chi connectivity index (χ4n) is 3.38. The Morgan fingerprint density at radius 1 is 1.23 bits per heavy atom. The predicted molar refractivity (Wildman–Crippen MR) is 86.0 cm³/mol. The molecule has 0 spiro atoms. The number of sulfonamides is 1. The SMILES string of the molecule is Cc1ccc(S(=O)(=O)N2CC[C@@H](O)[C@H](C3=CCCC3)C2)cc1. The van der Waals surface area contributed by atoms with Gasteiger partial charge in [-0.05, 0) is 44.7 Å². The highest BCUT2D eigenvalue weighted by Crippen LogP contribution is 2.33. The van der Waals surface area contributed by atoms with E-state index in [0.29, 0.717) is 24.4 Å². The second-order valence-electron chi connectivity index (χ2n) is 6.31. The van der Waals surface area contributed by atoms with Crippen LogP contribution in [0.2, 0.25) is 0 Å². The molecule has 4 nitrogen and oxygen atoms in total. The van der Waals surface area contributed by atoms with Gasteiger partial charge >= 0.3 is 0 Å². The fraction of sp³-hybridized carbons (Fsp3) is 0.529. The van der Waals surface area contributed by atoms with Crippen LogP contribution in [0.4, 0.5) is 0 Å². The minimum Gasteiger partial charge on any atom is -0.392 e. The van der Waals surface area contributed by atoms with Crippen LogP contribution < -0.4 is 0 Å². The topological polar surface area (TPSA) is 57.6 Å². The summed E-state index contributed by atoms with van der Waals surface area (Å²) in [4.78, 5) is 0.341. The van der Waals surface area contributed by atoms with Crippen molar-refractivity contribution in [3.63, 3.8) is 0 Å². The molecule has 0 aromatic heterocycles. The van der Waals surface area contributed by atoms with Gasteiger partial charge in [-0.2, -0.15) is 4.31 Å². The highest BCUT2D eigenvalue weighted by atomic mass is 32.2. The van der Waals surface area contributed by atoms with Crippen LogP contribution in [0.25, 0.3) is 0 Å². The Hall–Kier alpha value is -1.17. The van der Waals surface area contributed by atoms with E-state index in [1.807, 2.05) is 19.1 Å². The summed E-state index contributed by atoms with van der Waals surface area (Å²) in [6.07, 6.45) is 5.41. The number of hydrogen-bond acceptors (Lipinski definition) is 3. The number of benzene rings is 1. The molecule has 1 aromatic carbocycles. The number of nitrogens with zero attached hydrogens (tertiary/aromatic N) is 1. The van der Waals surface area contributed by atoms with E-state index < -0.39 is 16.1 Å². The Balaban J connectivity index is 1.83. The Bertz CT molecular complexity index is 664. The molecule has 2 aliphatic rings. The summed E-state index contributed by atoms with van der Waals surface area (Å²) in [6.45, 7) is 2.72. The second-order valence-corrected chi connectivity index (χ2v) is 8.25. The molecule has 1 aromatic rings. The molecule has 1 N–H and O–H groups in total. The zero-order chi connectivity index (χ0) is 15.7. The molecule has 1 fully saturated rings. The van der Waals surface area contributed by atoms with Gasteiger partial charge in [0.2, 0.25) is 10.0 Å². The molecule has 1 aliphatic carbocycles. The van der Waals surface area contributed by atoms with Crippen LogP contribution in [-0.4, -0.2) is 37.0 Å². The maximum atomic E-state index is 12.8. The molecular formula is C17H23NO3S. The number of aliphatic hydroxyl groups is 1. The van der Waals surface area contributed by atoms with Crippen molar-refractivity contribution in [2.45, 2.75) is 43.6 Å². The molecule has 1 aliphatic heterocycles. The average Bonchev–Trinajstić information content (AvgIpc) is 3.02. The van der Waals surface area contributed by atoms with E-state index >= 15 is 0 Å². The van der Waals surface area contributed by atoms with Crippen molar-refractivity contribution in [2.75, 3.05) is 13.1 Å². The molecular weight excluding hydrogens is 298 g/mol. The lowest BCUT2D eigenvalue weighted by Crippen LogP contribution is -2.46. The molecule has 1 heterocycles. The van der Waals surface area contributed by atoms with Gasteiger partial charge in [-0.3, -0.25) is 0 Å². The first-order valence-electron chi connectivity index (χ1n) is 7.92. The zero-order valence-electron chi connectivity index (χ0n) is 12.9. The molecule has 2 atom stereocenters. The summed E-state index contributed by atoms with van der Waals surface area (Å²) in [5, 5.41) is 10.3. The number of piperidine rings is 1. The number of aliphatic hydroxyl groups excluding tert-OH is 1. The zero-order valence-corrected chi connectivity index (χ0v) is 13.7. The Labute approximate surface area is 132 Å². The van der Waals surface area contributed by atoms with Gasteiger partial charge in [-0.15, -0.1) is 0 Å². The van der Waals surface area contributed by atoms with Crippen molar-refractivity contribution >= 4 is 10.0 Å². The molecule has 0 saturated carbocycles. The van der Waals surface area contributed by atoms with Gasteiger partial charge in [-0.25, -0.2) is 8.42 Å². The van der Waals surface area contributed by atoms with Crippen LogP contribution in [0.1, 0.15) is 31.2 Å². The average molecular weight is 321 g/mol. The summed E-state index contributed by atoms with van der Waals surface area (Å²) in [7, 11) is -3.47. The quantitative estimate of drug-likeness (QED) is 0.870. The van der Waals surface area contributed by atoms with E-state index in [-0.39, 0.29) is 5.92 Å². The van der Waals surface area contributed by atoms with E-state index in [2.05, 4.69) is 6.08 Å². The first-order valence-corrected chi connectivity index (χ1v) is 9.36. The maximum absolute atomic E-state index is 12.8. The van der Waals surface area contributed by atoms with Gasteiger partial charge < -0.3 is 5.11 Å². The van der Waals surface area contributed by atoms with Crippen molar-refractivity contribution in [2.24, 2.45) is 5.92 Å². The third kappa shape index (κ3) is 2.98. The number of aryl methyl sites for hydroxylation is 1. The Kier molecular flexibility index (Phi) is 4.39. The number of hydrogen-bond donors (Lipinski definition) is 1. The Morgan fingerprint density at radius 3 is 2.59 bits per heavy atom. The number of allylic oxidation sites excluding steroid dienone is 1. The summed E-state index contributed by atoms with van der Waals surface area (Å²) in [5.74, 6) is -0.0449. The van der Waals surface area contributed by atoms with E-state index in [1.165, 1.54) is 9.88 Å². The second kappa shape index (κ2) is 6.14. The van der Waals surface area contributed by atoms with E-state index in [0.717, 1.165) is 24.8 Å². The fourth-order valence-corrected chi connectivity index (χ4v) is 4.87. The van der Waals surface area contributed by atoms with Crippen molar-refractivity contribution in [1.82, 2.24) is 4.31 Å². The molecule has 0 amide bonds. The monoisotopic (exact) mass is 321 g/mol. The summed E-state index contributed by atoms with van der Waals surface area (Å²) in [6, 6.07) is 6.98. The van der Waals surface area contributed by atoms with Crippen LogP contribution in [0.15, 0.2) is 40.8 Å². The molecule has 0 bridgehead atoms. The van der Waals surface area contributed by atoms with Crippen molar-refractivity contribution < 1.29 is 13.5 Å². The Morgan fingerprint density at radius 2 is 1.95 bits per heavy atom. The normalized spacial score (nSPS) is 26.9. The minimum atomic E-state index is -3.47. The standard InChI is InChI=1S/C17H23NO3S/c1-13-6-8-15(9-7-13)22(20,21)18-11-10-17(19)16(12-18)14-4-2-3-5-14/h4,6-9,16-17,19H,2-3,5,10-12H2,1H3/t16-,17+/m0/s1. The largest absolute Gasteiger partial charge is 0.392 e. The van der Waals surface area contributed by atoms with E-state index in [1.54, 1.807) is 12.1 Å². The van der Waals surface area contributed by atoms with Crippen LogP contribution >= 0.6 is 0 Å². The van der Waals surface area contributed by atoms with Crippen molar-refractivity contribution in [3.8, 4) is 0 Å². The van der Waals surface area contributed by atoms with Gasteiger partial charge in [0.1, 0.15) is 0 Å². The van der Waals surface area contributed by atoms with Crippen LogP contribution in [0.5, 0.6) is 0 Å². The molecule has 0 unspecified atom stereocenters. The highest BCUT2D eigenvalue weighted by molar-refractivity contribution is 7.89. The molecule has 0 radical (unpaired) electrons. The van der Waals surface area contributed by atoms with Crippen molar-refractivity contribution in [1.29, 1.82) is 0 Å². The predicted octanol–water partition coefficient (Wildman–Crippen LogP) is 2.48. The lowest BCUT2D eigenvalue weighted by atomic mass is 9.88. The van der Waals surface area contributed by atoms with Crippen LogP contribution in [0, 0.1) is 12.8 Å². The van der Waals surface area contributed by atoms with Gasteiger partial charge in [0.25, 0.3) is 0 Å². The lowest BCUT2D eigenvalue weighted by molar-refractivity contribution is 0.0697. The van der Waals surface area contributed by atoms with Gasteiger partial charge in [0, 0.05) is 19.0 Å². The summed E-state index contributed by atoms with van der Waals surface area (Å²) < 4.78 is 27.1. The molecule has 1 saturated heterocycles. The van der Waals surface area contributed by atoms with E-state index in [4.69, 9.17) is 0 Å². The molecule has 120 valence electrons. The molecule has 5 heteroatoms. The van der Waals surface area contributed by atoms with Crippen LogP contribution in [0.3, 0.4) is 0 Å². The molecule has 22 heavy (non-hydrogen) atoms. The third-order valence-electron chi connectivity index (χ3n) is 4.75. The summed E-state index contributed by atoms with van der Waals surface area (Å²) >= 11 is 0. The van der Waals surface area contributed by atoms with Gasteiger partial charge in [-0.1, -0.05) is 29.3 Å². The highest BCUT2D eigenvalue weighted by Gasteiger charge is 2.36. The van der Waals surface area contributed by atoms with Gasteiger partial charge in [0.05, 0.1) is 11.0 Å². The minimum absolute atomic E-state index is 0.0449. The molecule has 3 rings (SSSR count). The number of rotatable bonds is 3. The maximum Gasteiger partial charge on any atom is 0.243 e. The first kappa shape index (κ1) is 15.7.